The van der Waals surface area contributed by atoms with Gasteiger partial charge in [0.05, 0.1) is 36.5 Å². The number of carbonyl (C=O) groups is 2. The lowest BCUT2D eigenvalue weighted by Crippen LogP contribution is -2.41. The van der Waals surface area contributed by atoms with E-state index in [1.807, 2.05) is 17.9 Å². The van der Waals surface area contributed by atoms with Crippen molar-refractivity contribution >= 4 is 41.0 Å². The maximum Gasteiger partial charge on any atom is 0.248 e. The van der Waals surface area contributed by atoms with Gasteiger partial charge in [-0.15, -0.1) is 0 Å². The van der Waals surface area contributed by atoms with Gasteiger partial charge < -0.3 is 25.4 Å². The first-order valence-corrected chi connectivity index (χ1v) is 11.3. The van der Waals surface area contributed by atoms with Gasteiger partial charge in [-0.3, -0.25) is 9.59 Å². The molecule has 0 spiro atoms. The number of benzene rings is 1. The molecule has 1 aliphatic rings. The van der Waals surface area contributed by atoms with Gasteiger partial charge in [0.25, 0.3) is 0 Å². The number of pyridine rings is 1. The molecule has 2 aromatic rings. The number of halogens is 1. The number of anilines is 2. The van der Waals surface area contributed by atoms with Gasteiger partial charge in [0.15, 0.2) is 11.5 Å². The van der Waals surface area contributed by atoms with Crippen LogP contribution in [0.2, 0.25) is 5.02 Å². The molecule has 1 aromatic heterocycles. The van der Waals surface area contributed by atoms with Crippen LogP contribution in [-0.4, -0.2) is 43.6 Å². The number of nitrogens with one attached hydrogen (secondary N) is 1. The molecule has 1 aromatic carbocycles. The number of rotatable bonds is 9. The van der Waals surface area contributed by atoms with Crippen molar-refractivity contribution in [1.29, 1.82) is 0 Å². The third-order valence-corrected chi connectivity index (χ3v) is 5.57. The molecule has 8 nitrogen and oxygen atoms in total. The van der Waals surface area contributed by atoms with Crippen molar-refractivity contribution in [2.24, 2.45) is 11.7 Å². The van der Waals surface area contributed by atoms with Crippen LogP contribution in [0.1, 0.15) is 31.7 Å². The summed E-state index contributed by atoms with van der Waals surface area (Å²) < 4.78 is 11.0. The monoisotopic (exact) mass is 472 g/mol. The van der Waals surface area contributed by atoms with Crippen LogP contribution in [0, 0.1) is 5.92 Å². The number of carbonyl (C=O) groups excluding carboxylic acids is 2. The molecule has 2 amide bonds. The molecule has 1 fully saturated rings. The first-order valence-electron chi connectivity index (χ1n) is 10.9. The molecule has 0 aliphatic carbocycles. The lowest BCUT2D eigenvalue weighted by atomic mass is 9.97. The van der Waals surface area contributed by atoms with Gasteiger partial charge in [-0.2, -0.15) is 0 Å². The van der Waals surface area contributed by atoms with Crippen molar-refractivity contribution in [2.45, 2.75) is 26.2 Å². The van der Waals surface area contributed by atoms with E-state index in [0.717, 1.165) is 31.6 Å². The smallest absolute Gasteiger partial charge is 0.248 e. The first kappa shape index (κ1) is 24.4. The summed E-state index contributed by atoms with van der Waals surface area (Å²) in [7, 11) is 1.54. The highest BCUT2D eigenvalue weighted by Crippen LogP contribution is 2.37. The largest absolute Gasteiger partial charge is 0.493 e. The highest BCUT2D eigenvalue weighted by Gasteiger charge is 2.24. The molecular weight excluding hydrogens is 444 g/mol. The van der Waals surface area contributed by atoms with Crippen LogP contribution in [-0.2, 0) is 9.59 Å². The zero-order valence-electron chi connectivity index (χ0n) is 18.8. The number of methoxy groups -OCH3 is 1. The summed E-state index contributed by atoms with van der Waals surface area (Å²) in [6.45, 7) is 3.92. The molecule has 3 N–H and O–H groups in total. The summed E-state index contributed by atoms with van der Waals surface area (Å²) in [6.07, 6.45) is 7.19. The quantitative estimate of drug-likeness (QED) is 0.536. The fraction of sp³-hybridized carbons (Fsp3) is 0.375. The van der Waals surface area contributed by atoms with Gasteiger partial charge >= 0.3 is 0 Å². The summed E-state index contributed by atoms with van der Waals surface area (Å²) in [4.78, 5) is 30.3. The highest BCUT2D eigenvalue weighted by molar-refractivity contribution is 6.32. The summed E-state index contributed by atoms with van der Waals surface area (Å²) in [5, 5.41) is 3.20. The number of nitrogens with zero attached hydrogens (tertiary/aromatic N) is 2. The lowest BCUT2D eigenvalue weighted by Gasteiger charge is -2.32. The minimum Gasteiger partial charge on any atom is -0.493 e. The Labute approximate surface area is 198 Å². The molecule has 1 unspecified atom stereocenters. The van der Waals surface area contributed by atoms with Crippen molar-refractivity contribution in [3.8, 4) is 11.5 Å². The number of ether oxygens (including phenoxy) is 2. The third-order valence-electron chi connectivity index (χ3n) is 5.29. The van der Waals surface area contributed by atoms with Gasteiger partial charge in [-0.05, 0) is 55.2 Å². The van der Waals surface area contributed by atoms with Crippen LogP contribution >= 0.6 is 11.6 Å². The summed E-state index contributed by atoms with van der Waals surface area (Å²) in [6, 6.07) is 7.08. The molecule has 0 saturated carbocycles. The van der Waals surface area contributed by atoms with E-state index in [2.05, 4.69) is 10.3 Å². The second kappa shape index (κ2) is 11.6. The Morgan fingerprint density at radius 3 is 2.85 bits per heavy atom. The van der Waals surface area contributed by atoms with Crippen LogP contribution < -0.4 is 25.4 Å². The van der Waals surface area contributed by atoms with E-state index in [9.17, 15) is 9.59 Å². The van der Waals surface area contributed by atoms with Crippen LogP contribution in [0.15, 0.2) is 36.5 Å². The summed E-state index contributed by atoms with van der Waals surface area (Å²) in [5.74, 6) is 0.998. The second-order valence-corrected chi connectivity index (χ2v) is 8.20. The first-order chi connectivity index (χ1) is 15.9. The number of primary amides is 1. The fourth-order valence-electron chi connectivity index (χ4n) is 3.60. The van der Waals surface area contributed by atoms with Crippen LogP contribution in [0.25, 0.3) is 6.08 Å². The van der Waals surface area contributed by atoms with Gasteiger partial charge in [0.2, 0.25) is 11.8 Å². The molecule has 1 atom stereocenters. The van der Waals surface area contributed by atoms with Gasteiger partial charge in [0.1, 0.15) is 5.82 Å². The van der Waals surface area contributed by atoms with Crippen LogP contribution in [0.5, 0.6) is 11.5 Å². The third kappa shape index (κ3) is 6.61. The predicted octanol–water partition coefficient (Wildman–Crippen LogP) is 3.89. The Hall–Kier alpha value is -3.26. The van der Waals surface area contributed by atoms with E-state index < -0.39 is 0 Å². The Bertz CT molecular complexity index is 1010. The SMILES string of the molecule is CCCOc1c(Cl)cc(/C=C/C(=O)Nc2ccc(N3CCCC(C(N)=O)C3)nc2)cc1OC. The van der Waals surface area contributed by atoms with Crippen molar-refractivity contribution < 1.29 is 19.1 Å². The predicted molar refractivity (Wildman–Crippen MR) is 130 cm³/mol. The van der Waals surface area contributed by atoms with Crippen molar-refractivity contribution in [3.05, 3.63) is 47.1 Å². The molecular formula is C24H29ClN4O4. The number of amides is 2. The zero-order valence-corrected chi connectivity index (χ0v) is 19.6. The maximum absolute atomic E-state index is 12.4. The number of piperidine rings is 1. The Kier molecular flexibility index (Phi) is 8.54. The van der Waals surface area contributed by atoms with Crippen molar-refractivity contribution in [1.82, 2.24) is 4.98 Å². The van der Waals surface area contributed by atoms with E-state index in [1.54, 1.807) is 37.6 Å². The topological polar surface area (TPSA) is 107 Å². The van der Waals surface area contributed by atoms with E-state index in [1.165, 1.54) is 6.08 Å². The minimum atomic E-state index is -0.308. The fourth-order valence-corrected chi connectivity index (χ4v) is 3.87. The Morgan fingerprint density at radius 1 is 1.36 bits per heavy atom. The van der Waals surface area contributed by atoms with Crippen molar-refractivity contribution in [3.63, 3.8) is 0 Å². The maximum atomic E-state index is 12.4. The normalized spacial score (nSPS) is 16.0. The Morgan fingerprint density at radius 2 is 2.18 bits per heavy atom. The molecule has 33 heavy (non-hydrogen) atoms. The van der Waals surface area contributed by atoms with E-state index in [-0.39, 0.29) is 17.7 Å². The average molecular weight is 473 g/mol. The van der Waals surface area contributed by atoms with Crippen LogP contribution in [0.4, 0.5) is 11.5 Å². The van der Waals surface area contributed by atoms with Crippen molar-refractivity contribution in [2.75, 3.05) is 37.0 Å². The molecule has 9 heteroatoms. The standard InChI is InChI=1S/C24H29ClN4O4/c1-3-11-33-23-19(25)12-16(13-20(23)32-2)6-9-22(30)28-18-7-8-21(27-14-18)29-10-4-5-17(15-29)24(26)31/h6-9,12-14,17H,3-5,10-11,15H2,1-2H3,(H2,26,31)(H,28,30)/b9-6+. The summed E-state index contributed by atoms with van der Waals surface area (Å²) >= 11 is 6.32. The number of hydrogen-bond acceptors (Lipinski definition) is 6. The molecule has 2 heterocycles. The number of nitrogens with two attached hydrogens (primary N) is 1. The van der Waals surface area contributed by atoms with Gasteiger partial charge in [-0.25, -0.2) is 4.98 Å². The molecule has 176 valence electrons. The highest BCUT2D eigenvalue weighted by atomic mass is 35.5. The lowest BCUT2D eigenvalue weighted by molar-refractivity contribution is -0.122. The molecule has 1 aliphatic heterocycles. The molecule has 0 radical (unpaired) electrons. The Balaban J connectivity index is 1.61. The van der Waals surface area contributed by atoms with E-state index >= 15 is 0 Å². The van der Waals surface area contributed by atoms with Gasteiger partial charge in [0, 0.05) is 19.2 Å². The molecule has 0 bridgehead atoms. The molecule has 3 rings (SSSR count). The minimum absolute atomic E-state index is 0.163. The van der Waals surface area contributed by atoms with E-state index in [0.29, 0.717) is 40.9 Å². The second-order valence-electron chi connectivity index (χ2n) is 7.80. The van der Waals surface area contributed by atoms with Crippen LogP contribution in [0.3, 0.4) is 0 Å². The molecule has 1 saturated heterocycles. The zero-order chi connectivity index (χ0) is 23.8. The van der Waals surface area contributed by atoms with E-state index in [4.69, 9.17) is 26.8 Å². The van der Waals surface area contributed by atoms with Gasteiger partial charge in [-0.1, -0.05) is 18.5 Å². The average Bonchev–Trinajstić information content (AvgIpc) is 2.82. The number of hydrogen-bond donors (Lipinski definition) is 2. The number of aromatic nitrogens is 1. The summed E-state index contributed by atoms with van der Waals surface area (Å²) in [5.41, 5.74) is 6.72.